The fraction of sp³-hybridized carbons (Fsp3) is 0.477. The summed E-state index contributed by atoms with van der Waals surface area (Å²) in [6, 6.07) is 0. The van der Waals surface area contributed by atoms with E-state index >= 15 is 0 Å². The van der Waals surface area contributed by atoms with E-state index in [2.05, 4.69) is 52.6 Å². The van der Waals surface area contributed by atoms with Gasteiger partial charge in [-0.05, 0) is 80.6 Å². The van der Waals surface area contributed by atoms with Crippen LogP contribution in [0.5, 0.6) is 0 Å². The van der Waals surface area contributed by atoms with E-state index in [0.29, 0.717) is 29.0 Å². The van der Waals surface area contributed by atoms with Gasteiger partial charge in [-0.1, -0.05) is 72.0 Å². The standard InChI is InChI=1S/C44H54N4O5/c1-10-13-14-15-16-17-19-44(20-18-36(49)52-8)27(7)33-21-30-24(4)28(11-2)34(45-30)22-31-25(5)29(12-3)35(46-31)23-32-26(6)37-40(47-32)38(42(44)48-33)39(41(37)50)43(51)53-9/h11,21-23,27,39,48,50H,2,10,12-20H2,1,3-9H3/t27-,39-,44+/m1/s1. The number of hydrogen-bond acceptors (Lipinski definition) is 9. The van der Waals surface area contributed by atoms with E-state index in [0.717, 1.165) is 94.2 Å². The summed E-state index contributed by atoms with van der Waals surface area (Å²) in [4.78, 5) is 42.1. The number of methoxy groups -OCH3 is 2. The Hall–Kier alpha value is -4.79. The smallest absolute Gasteiger partial charge is 0.321 e. The van der Waals surface area contributed by atoms with Crippen LogP contribution in [0.2, 0.25) is 0 Å². The third kappa shape index (κ3) is 6.46. The first kappa shape index (κ1) is 38.0. The minimum atomic E-state index is -1.08. The van der Waals surface area contributed by atoms with Crippen LogP contribution in [-0.4, -0.2) is 48.4 Å². The van der Waals surface area contributed by atoms with Crippen molar-refractivity contribution in [1.29, 1.82) is 0 Å². The summed E-state index contributed by atoms with van der Waals surface area (Å²) >= 11 is 0. The molecule has 53 heavy (non-hydrogen) atoms. The molecular weight excluding hydrogens is 665 g/mol. The first-order valence-electron chi connectivity index (χ1n) is 19.2. The van der Waals surface area contributed by atoms with Crippen LogP contribution in [-0.2, 0) is 19.1 Å². The molecule has 1 fully saturated rings. The third-order valence-electron chi connectivity index (χ3n) is 12.1. The van der Waals surface area contributed by atoms with Crippen molar-refractivity contribution >= 4 is 29.1 Å². The van der Waals surface area contributed by atoms with Crippen LogP contribution >= 0.6 is 0 Å². The normalized spacial score (nSPS) is 24.7. The number of hydrogen-bond donors (Lipinski definition) is 2. The van der Waals surface area contributed by atoms with Crippen molar-refractivity contribution in [3.63, 3.8) is 0 Å². The van der Waals surface area contributed by atoms with E-state index in [9.17, 15) is 14.7 Å². The number of aliphatic hydroxyl groups is 1. The Morgan fingerprint density at radius 1 is 0.906 bits per heavy atom. The van der Waals surface area contributed by atoms with Crippen molar-refractivity contribution in [2.24, 2.45) is 32.2 Å². The highest BCUT2D eigenvalue weighted by Gasteiger charge is 2.54. The zero-order valence-corrected chi connectivity index (χ0v) is 32.7. The first-order chi connectivity index (χ1) is 25.5. The van der Waals surface area contributed by atoms with Gasteiger partial charge in [0.05, 0.1) is 48.4 Å². The molecule has 1 aliphatic carbocycles. The molecule has 1 saturated heterocycles. The second-order valence-corrected chi connectivity index (χ2v) is 14.9. The number of allylic oxidation sites excluding steroid dienone is 11. The molecule has 0 aromatic carbocycles. The zero-order chi connectivity index (χ0) is 38.2. The average Bonchev–Trinajstić information content (AvgIpc) is 3.88. The van der Waals surface area contributed by atoms with Crippen LogP contribution in [0.15, 0.2) is 119 Å². The number of rotatable bonds is 13. The van der Waals surface area contributed by atoms with Crippen LogP contribution in [0.3, 0.4) is 0 Å². The van der Waals surface area contributed by atoms with Gasteiger partial charge in [-0.15, -0.1) is 0 Å². The highest BCUT2D eigenvalue weighted by atomic mass is 16.5. The summed E-state index contributed by atoms with van der Waals surface area (Å²) in [6.07, 6.45) is 16.8. The number of nitrogens with zero attached hydrogens (tertiary/aromatic N) is 3. The van der Waals surface area contributed by atoms with E-state index in [-0.39, 0.29) is 24.1 Å². The fourth-order valence-corrected chi connectivity index (χ4v) is 8.94. The highest BCUT2D eigenvalue weighted by molar-refractivity contribution is 6.24. The molecule has 5 heterocycles. The van der Waals surface area contributed by atoms with Gasteiger partial charge in [0, 0.05) is 45.9 Å². The Morgan fingerprint density at radius 2 is 1.60 bits per heavy atom. The Kier molecular flexibility index (Phi) is 10.9. The minimum absolute atomic E-state index is 0.0707. The van der Waals surface area contributed by atoms with Crippen molar-refractivity contribution in [3.05, 3.63) is 104 Å². The average molecular weight is 719 g/mol. The van der Waals surface area contributed by atoms with Crippen molar-refractivity contribution in [2.75, 3.05) is 14.2 Å². The van der Waals surface area contributed by atoms with Gasteiger partial charge >= 0.3 is 11.9 Å². The second kappa shape index (κ2) is 15.3. The monoisotopic (exact) mass is 718 g/mol. The SMILES string of the molecule is C=CC1=C(C)C2=NC1=CC1=NC(=CC3=C(C)C4=C(O)[C@H](C(=O)OC)C(=C5NC(=C2)[C@@H](C)[C@]5(CCCCCCCC)CCC(=O)OC)C4=N3)C(CC)=C1C. The third-order valence-corrected chi connectivity index (χ3v) is 12.1. The van der Waals surface area contributed by atoms with Crippen molar-refractivity contribution in [2.45, 2.75) is 106 Å². The first-order valence-corrected chi connectivity index (χ1v) is 19.2. The summed E-state index contributed by atoms with van der Waals surface area (Å²) in [5, 5.41) is 15.8. The van der Waals surface area contributed by atoms with Crippen LogP contribution in [0.1, 0.15) is 106 Å². The van der Waals surface area contributed by atoms with Gasteiger partial charge in [-0.3, -0.25) is 9.59 Å². The fourth-order valence-electron chi connectivity index (χ4n) is 8.94. The number of aliphatic hydroxyl groups excluding tert-OH is 1. The van der Waals surface area contributed by atoms with Crippen LogP contribution in [0, 0.1) is 17.3 Å². The lowest BCUT2D eigenvalue weighted by Crippen LogP contribution is -2.32. The molecule has 6 aliphatic rings. The molecule has 6 rings (SSSR count). The summed E-state index contributed by atoms with van der Waals surface area (Å²) in [6.45, 7) is 16.8. The van der Waals surface area contributed by atoms with Gasteiger partial charge < -0.3 is 19.9 Å². The number of nitrogens with one attached hydrogen (secondary N) is 1. The van der Waals surface area contributed by atoms with Gasteiger partial charge in [-0.2, -0.15) is 0 Å². The van der Waals surface area contributed by atoms with Crippen molar-refractivity contribution in [1.82, 2.24) is 5.32 Å². The van der Waals surface area contributed by atoms with E-state index in [4.69, 9.17) is 24.5 Å². The predicted molar refractivity (Wildman–Crippen MR) is 211 cm³/mol. The topological polar surface area (TPSA) is 122 Å². The van der Waals surface area contributed by atoms with Gasteiger partial charge in [-0.25, -0.2) is 15.0 Å². The van der Waals surface area contributed by atoms with Crippen molar-refractivity contribution in [3.8, 4) is 0 Å². The molecule has 9 heteroatoms. The summed E-state index contributed by atoms with van der Waals surface area (Å²) in [5.41, 5.74) is 11.7. The summed E-state index contributed by atoms with van der Waals surface area (Å²) in [7, 11) is 2.76. The summed E-state index contributed by atoms with van der Waals surface area (Å²) in [5.74, 6) is -2.12. The lowest BCUT2D eigenvalue weighted by molar-refractivity contribution is -0.144. The van der Waals surface area contributed by atoms with E-state index in [1.165, 1.54) is 33.5 Å². The maximum Gasteiger partial charge on any atom is 0.321 e. The van der Waals surface area contributed by atoms with Gasteiger partial charge in [0.1, 0.15) is 11.7 Å². The maximum absolute atomic E-state index is 13.8. The molecule has 5 aliphatic heterocycles. The molecule has 0 radical (unpaired) electrons. The van der Waals surface area contributed by atoms with Crippen LogP contribution < -0.4 is 5.32 Å². The van der Waals surface area contributed by atoms with Crippen LogP contribution in [0.4, 0.5) is 0 Å². The molecular formula is C44H54N4O5. The molecule has 280 valence electrons. The molecule has 3 atom stereocenters. The van der Waals surface area contributed by atoms with Gasteiger partial charge in [0.15, 0.2) is 0 Å². The Labute approximate surface area is 314 Å². The lowest BCUT2D eigenvalue weighted by Gasteiger charge is -2.36. The number of ether oxygens (including phenoxy) is 2. The summed E-state index contributed by atoms with van der Waals surface area (Å²) < 4.78 is 10.6. The Balaban J connectivity index is 1.66. The number of fused-ring (bicyclic) bond motifs is 5. The van der Waals surface area contributed by atoms with E-state index in [1.54, 1.807) is 0 Å². The molecule has 0 aromatic heterocycles. The number of carbonyl (C=O) groups excluding carboxylic acids is 2. The molecule has 0 unspecified atom stereocenters. The van der Waals surface area contributed by atoms with Crippen LogP contribution in [0.25, 0.3) is 0 Å². The number of aliphatic imine (C=N–C) groups is 3. The Bertz CT molecular complexity index is 2010. The Morgan fingerprint density at radius 3 is 2.28 bits per heavy atom. The largest absolute Gasteiger partial charge is 0.510 e. The van der Waals surface area contributed by atoms with E-state index in [1.807, 2.05) is 25.2 Å². The quantitative estimate of drug-likeness (QED) is 0.145. The van der Waals surface area contributed by atoms with Crippen molar-refractivity contribution < 1.29 is 24.2 Å². The second-order valence-electron chi connectivity index (χ2n) is 14.9. The molecule has 9 nitrogen and oxygen atoms in total. The minimum Gasteiger partial charge on any atom is -0.510 e. The predicted octanol–water partition coefficient (Wildman–Crippen LogP) is 9.32. The van der Waals surface area contributed by atoms with Gasteiger partial charge in [0.2, 0.25) is 0 Å². The molecule has 0 spiro atoms. The van der Waals surface area contributed by atoms with E-state index < -0.39 is 17.3 Å². The lowest BCUT2D eigenvalue weighted by atomic mass is 9.67. The zero-order valence-electron chi connectivity index (χ0n) is 32.7. The number of esters is 2. The number of carbonyl (C=O) groups is 2. The molecule has 0 amide bonds. The molecule has 8 bridgehead atoms. The molecule has 0 aromatic rings. The maximum atomic E-state index is 13.8. The highest BCUT2D eigenvalue weighted by Crippen LogP contribution is 2.56. The number of unbranched alkanes of at least 4 members (excludes halogenated alkanes) is 5. The van der Waals surface area contributed by atoms with Gasteiger partial charge in [0.25, 0.3) is 0 Å². The molecule has 0 saturated carbocycles. The molecule has 2 N–H and O–H groups in total.